The van der Waals surface area contributed by atoms with Crippen LogP contribution in [0.1, 0.15) is 77.6 Å². The van der Waals surface area contributed by atoms with Gasteiger partial charge in [-0.1, -0.05) is 38.1 Å². The van der Waals surface area contributed by atoms with E-state index in [1.807, 2.05) is 47.4 Å². The molecule has 0 saturated carbocycles. The molecule has 0 radical (unpaired) electrons. The van der Waals surface area contributed by atoms with E-state index in [1.54, 1.807) is 7.11 Å². The molecule has 1 heterocycles. The molecule has 0 fully saturated rings. The predicted octanol–water partition coefficient (Wildman–Crippen LogP) is 6.44. The fourth-order valence-electron chi connectivity index (χ4n) is 5.27. The second-order valence-corrected chi connectivity index (χ2v) is 10.0. The van der Waals surface area contributed by atoms with Crippen LogP contribution in [0.5, 0.6) is 11.5 Å². The number of aryl methyl sites for hydroxylation is 1. The minimum Gasteiger partial charge on any atom is -0.497 e. The van der Waals surface area contributed by atoms with Gasteiger partial charge in [-0.2, -0.15) is 0 Å². The molecule has 0 spiro atoms. The number of anilines is 1. The number of Topliss-reactive ketones (excluding diaryl/α,β-unsaturated/α-hetero) is 1. The maximum absolute atomic E-state index is 14.2. The van der Waals surface area contributed by atoms with Gasteiger partial charge in [0, 0.05) is 12.1 Å². The molecule has 0 aromatic heterocycles. The van der Waals surface area contributed by atoms with E-state index < -0.39 is 0 Å². The van der Waals surface area contributed by atoms with E-state index in [2.05, 4.69) is 32.0 Å². The van der Waals surface area contributed by atoms with E-state index >= 15 is 0 Å². The average molecular weight is 484 g/mol. The molecule has 2 aliphatic rings. The highest BCUT2D eigenvalue weighted by Gasteiger charge is 2.32. The van der Waals surface area contributed by atoms with Crippen molar-refractivity contribution in [2.45, 2.75) is 57.9 Å². The first-order chi connectivity index (χ1) is 17.4. The largest absolute Gasteiger partial charge is 0.497 e. The van der Waals surface area contributed by atoms with Crippen LogP contribution in [0.15, 0.2) is 60.7 Å². The lowest BCUT2D eigenvalue weighted by molar-refractivity contribution is -0.120. The number of rotatable bonds is 6. The lowest BCUT2D eigenvalue weighted by Gasteiger charge is -2.32. The van der Waals surface area contributed by atoms with Crippen molar-refractivity contribution in [2.75, 3.05) is 18.6 Å². The van der Waals surface area contributed by atoms with Gasteiger partial charge in [0.05, 0.1) is 31.7 Å². The zero-order chi connectivity index (χ0) is 25.2. The molecule has 186 valence electrons. The van der Waals surface area contributed by atoms with Gasteiger partial charge in [-0.3, -0.25) is 9.59 Å². The van der Waals surface area contributed by atoms with Crippen LogP contribution in [-0.2, 0) is 17.8 Å². The van der Waals surface area contributed by atoms with Crippen LogP contribution < -0.4 is 14.4 Å². The summed E-state index contributed by atoms with van der Waals surface area (Å²) in [6, 6.07) is 20.1. The van der Waals surface area contributed by atoms with Gasteiger partial charge in [0.15, 0.2) is 5.78 Å². The smallest absolute Gasteiger partial charge is 0.234 e. The van der Waals surface area contributed by atoms with Crippen LogP contribution in [0.2, 0.25) is 0 Å². The van der Waals surface area contributed by atoms with Crippen LogP contribution >= 0.6 is 0 Å². The minimum absolute atomic E-state index is 0.0711. The van der Waals surface area contributed by atoms with E-state index in [1.165, 1.54) is 11.1 Å². The summed E-state index contributed by atoms with van der Waals surface area (Å²) in [4.78, 5) is 28.6. The van der Waals surface area contributed by atoms with E-state index in [0.29, 0.717) is 36.8 Å². The molecule has 0 N–H and O–H groups in total. The van der Waals surface area contributed by atoms with Crippen molar-refractivity contribution in [3.63, 3.8) is 0 Å². The third-order valence-electron chi connectivity index (χ3n) is 7.37. The molecule has 1 aliphatic carbocycles. The van der Waals surface area contributed by atoms with E-state index in [9.17, 15) is 9.59 Å². The van der Waals surface area contributed by atoms with E-state index in [-0.39, 0.29) is 17.6 Å². The molecule has 3 aromatic rings. The average Bonchev–Trinajstić information content (AvgIpc) is 2.91. The number of ether oxygens (including phenoxy) is 2. The number of nitrogens with zero attached hydrogens (tertiary/aromatic N) is 1. The van der Waals surface area contributed by atoms with Gasteiger partial charge < -0.3 is 14.4 Å². The van der Waals surface area contributed by atoms with Gasteiger partial charge in [-0.15, -0.1) is 0 Å². The molecule has 1 amide bonds. The quantitative estimate of drug-likeness (QED) is 0.405. The Kier molecular flexibility index (Phi) is 6.82. The maximum Gasteiger partial charge on any atom is 0.234 e. The minimum atomic E-state index is -0.240. The molecule has 5 heteroatoms. The van der Waals surface area contributed by atoms with Crippen molar-refractivity contribution >= 4 is 17.4 Å². The Bertz CT molecular complexity index is 1280. The highest BCUT2D eigenvalue weighted by molar-refractivity contribution is 6.00. The van der Waals surface area contributed by atoms with Crippen LogP contribution in [0, 0.1) is 0 Å². The predicted molar refractivity (Wildman–Crippen MR) is 141 cm³/mol. The Labute approximate surface area is 213 Å². The summed E-state index contributed by atoms with van der Waals surface area (Å²) in [7, 11) is 1.66. The third kappa shape index (κ3) is 4.75. The van der Waals surface area contributed by atoms with Crippen LogP contribution in [0.4, 0.5) is 5.69 Å². The number of benzene rings is 3. The summed E-state index contributed by atoms with van der Waals surface area (Å²) in [5, 5.41) is 0. The molecule has 0 saturated heterocycles. The highest BCUT2D eigenvalue weighted by atomic mass is 16.5. The number of hydrogen-bond acceptors (Lipinski definition) is 4. The standard InChI is InChI=1S/C31H33NO4/c1-20(2)22-8-11-24(12-9-22)32(19-21-7-14-30-28(17-21)29(33)15-16-36-30)31(34)26-6-4-5-23-10-13-25(35-3)18-27(23)26/h7-14,17-18,20,26H,4-6,15-16,19H2,1-3H3. The van der Waals surface area contributed by atoms with Crippen molar-refractivity contribution in [2.24, 2.45) is 0 Å². The Morgan fingerprint density at radius 2 is 1.86 bits per heavy atom. The van der Waals surface area contributed by atoms with Gasteiger partial charge >= 0.3 is 0 Å². The maximum atomic E-state index is 14.2. The summed E-state index contributed by atoms with van der Waals surface area (Å²) >= 11 is 0. The summed E-state index contributed by atoms with van der Waals surface area (Å²) in [6.07, 6.45) is 3.13. The van der Waals surface area contributed by atoms with E-state index in [0.717, 1.165) is 41.8 Å². The Morgan fingerprint density at radius 1 is 1.06 bits per heavy atom. The number of methoxy groups -OCH3 is 1. The highest BCUT2D eigenvalue weighted by Crippen LogP contribution is 2.37. The van der Waals surface area contributed by atoms with Gasteiger partial charge in [0.25, 0.3) is 0 Å². The van der Waals surface area contributed by atoms with Crippen LogP contribution in [-0.4, -0.2) is 25.4 Å². The van der Waals surface area contributed by atoms with Crippen molar-refractivity contribution in [3.8, 4) is 11.5 Å². The van der Waals surface area contributed by atoms with Crippen LogP contribution in [0.25, 0.3) is 0 Å². The first-order valence-corrected chi connectivity index (χ1v) is 12.8. The molecule has 1 atom stereocenters. The number of amides is 1. The Balaban J connectivity index is 1.52. The zero-order valence-corrected chi connectivity index (χ0v) is 21.3. The number of carbonyl (C=O) groups is 2. The molecule has 0 bridgehead atoms. The fourth-order valence-corrected chi connectivity index (χ4v) is 5.27. The fraction of sp³-hybridized carbons (Fsp3) is 0.355. The number of fused-ring (bicyclic) bond motifs is 2. The molecule has 5 rings (SSSR count). The Hall–Kier alpha value is -3.60. The van der Waals surface area contributed by atoms with Crippen molar-refractivity contribution in [3.05, 3.63) is 88.5 Å². The van der Waals surface area contributed by atoms with Crippen molar-refractivity contribution in [1.82, 2.24) is 0 Å². The van der Waals surface area contributed by atoms with Crippen molar-refractivity contribution < 1.29 is 19.1 Å². The van der Waals surface area contributed by atoms with Gasteiger partial charge in [-0.05, 0) is 83.8 Å². The number of ketones is 1. The lowest BCUT2D eigenvalue weighted by atomic mass is 9.81. The second-order valence-electron chi connectivity index (χ2n) is 10.0. The third-order valence-corrected chi connectivity index (χ3v) is 7.37. The molecule has 36 heavy (non-hydrogen) atoms. The molecule has 5 nitrogen and oxygen atoms in total. The van der Waals surface area contributed by atoms with Crippen LogP contribution in [0.3, 0.4) is 0 Å². The van der Waals surface area contributed by atoms with Gasteiger partial charge in [0.2, 0.25) is 5.91 Å². The molecule has 1 aliphatic heterocycles. The summed E-state index contributed by atoms with van der Waals surface area (Å²) < 4.78 is 11.1. The molecule has 3 aromatic carbocycles. The van der Waals surface area contributed by atoms with Crippen molar-refractivity contribution in [1.29, 1.82) is 0 Å². The van der Waals surface area contributed by atoms with Gasteiger partial charge in [-0.25, -0.2) is 0 Å². The van der Waals surface area contributed by atoms with Gasteiger partial charge in [0.1, 0.15) is 11.5 Å². The molecule has 1 unspecified atom stereocenters. The first kappa shape index (κ1) is 24.1. The summed E-state index contributed by atoms with van der Waals surface area (Å²) in [6.45, 7) is 5.13. The topological polar surface area (TPSA) is 55.8 Å². The monoisotopic (exact) mass is 483 g/mol. The summed E-state index contributed by atoms with van der Waals surface area (Å²) in [5.74, 6) is 1.73. The number of carbonyl (C=O) groups excluding carboxylic acids is 2. The molecular weight excluding hydrogens is 450 g/mol. The van der Waals surface area contributed by atoms with E-state index in [4.69, 9.17) is 9.47 Å². The summed E-state index contributed by atoms with van der Waals surface area (Å²) in [5.41, 5.74) is 5.88. The molecular formula is C31H33NO4. The number of hydrogen-bond donors (Lipinski definition) is 0. The zero-order valence-electron chi connectivity index (χ0n) is 21.3. The lowest BCUT2D eigenvalue weighted by Crippen LogP contribution is -2.36. The second kappa shape index (κ2) is 10.2. The SMILES string of the molecule is COc1ccc2c(c1)C(C(=O)N(Cc1ccc3c(c1)C(=O)CCO3)c1ccc(C(C)C)cc1)CCC2. The Morgan fingerprint density at radius 3 is 2.61 bits per heavy atom. The first-order valence-electron chi connectivity index (χ1n) is 12.8. The normalized spacial score (nSPS) is 16.7.